The summed E-state index contributed by atoms with van der Waals surface area (Å²) in [6.07, 6.45) is 2.00. The Hall–Kier alpha value is -1.31. The van der Waals surface area contributed by atoms with Gasteiger partial charge in [0.05, 0.1) is 7.11 Å². The second kappa shape index (κ2) is 4.80. The number of Topliss-reactive ketones (excluding diaryl/α,β-unsaturated/α-hetero) is 1. The maximum Gasteiger partial charge on any atom is 0.159 e. The molecule has 0 heterocycles. The number of rotatable bonds is 4. The van der Waals surface area contributed by atoms with Crippen molar-refractivity contribution in [2.45, 2.75) is 26.7 Å². The fourth-order valence-corrected chi connectivity index (χ4v) is 1.46. The largest absolute Gasteiger partial charge is 0.496 e. The maximum absolute atomic E-state index is 11.2. The van der Waals surface area contributed by atoms with Crippen molar-refractivity contribution in [3.63, 3.8) is 0 Å². The molecule has 0 saturated carbocycles. The highest BCUT2D eigenvalue weighted by Gasteiger charge is 2.05. The van der Waals surface area contributed by atoms with Crippen LogP contribution in [0.4, 0.5) is 0 Å². The van der Waals surface area contributed by atoms with E-state index < -0.39 is 0 Å². The molecule has 0 aromatic heterocycles. The molecule has 1 aromatic rings. The van der Waals surface area contributed by atoms with Gasteiger partial charge < -0.3 is 4.74 Å². The van der Waals surface area contributed by atoms with Gasteiger partial charge >= 0.3 is 0 Å². The third-order valence-electron chi connectivity index (χ3n) is 2.21. The minimum absolute atomic E-state index is 0.102. The summed E-state index contributed by atoms with van der Waals surface area (Å²) in [6, 6.07) is 5.59. The van der Waals surface area contributed by atoms with Crippen molar-refractivity contribution < 1.29 is 9.53 Å². The fourth-order valence-electron chi connectivity index (χ4n) is 1.46. The molecule has 0 amide bonds. The summed E-state index contributed by atoms with van der Waals surface area (Å²) in [5.41, 5.74) is 1.87. The van der Waals surface area contributed by atoms with Crippen LogP contribution in [0.15, 0.2) is 18.2 Å². The summed E-state index contributed by atoms with van der Waals surface area (Å²) < 4.78 is 5.22. The van der Waals surface area contributed by atoms with Gasteiger partial charge in [-0.25, -0.2) is 0 Å². The standard InChI is InChI=1S/C12H16O2/c1-4-5-11-8-10(9(2)13)6-7-12(11)14-3/h6-8H,4-5H2,1-3H3. The zero-order valence-electron chi connectivity index (χ0n) is 8.96. The quantitative estimate of drug-likeness (QED) is 0.686. The Morgan fingerprint density at radius 3 is 2.64 bits per heavy atom. The summed E-state index contributed by atoms with van der Waals surface area (Å²) >= 11 is 0. The molecule has 0 atom stereocenters. The molecule has 0 radical (unpaired) electrons. The number of carbonyl (C=O) groups is 1. The van der Waals surface area contributed by atoms with Gasteiger partial charge in [-0.1, -0.05) is 13.3 Å². The second-order valence-corrected chi connectivity index (χ2v) is 3.33. The number of ketones is 1. The molecule has 1 rings (SSSR count). The first-order valence-electron chi connectivity index (χ1n) is 4.87. The SMILES string of the molecule is CCCc1cc(C(C)=O)ccc1OC. The van der Waals surface area contributed by atoms with Crippen LogP contribution in [-0.2, 0) is 6.42 Å². The van der Waals surface area contributed by atoms with Gasteiger partial charge in [0.2, 0.25) is 0 Å². The lowest BCUT2D eigenvalue weighted by Gasteiger charge is -2.08. The molecule has 0 unspecified atom stereocenters. The van der Waals surface area contributed by atoms with Gasteiger partial charge in [0.25, 0.3) is 0 Å². The fraction of sp³-hybridized carbons (Fsp3) is 0.417. The van der Waals surface area contributed by atoms with Crippen molar-refractivity contribution in [1.82, 2.24) is 0 Å². The number of hydrogen-bond donors (Lipinski definition) is 0. The molecule has 0 aliphatic rings. The van der Waals surface area contributed by atoms with Crippen LogP contribution >= 0.6 is 0 Å². The predicted molar refractivity (Wildman–Crippen MR) is 57.0 cm³/mol. The van der Waals surface area contributed by atoms with E-state index >= 15 is 0 Å². The number of aryl methyl sites for hydroxylation is 1. The summed E-state index contributed by atoms with van der Waals surface area (Å²) in [5.74, 6) is 0.974. The van der Waals surface area contributed by atoms with Gasteiger partial charge in [0.15, 0.2) is 5.78 Å². The zero-order chi connectivity index (χ0) is 10.6. The molecule has 0 fully saturated rings. The number of ether oxygens (including phenoxy) is 1. The Balaban J connectivity index is 3.07. The van der Waals surface area contributed by atoms with Crippen molar-refractivity contribution in [3.05, 3.63) is 29.3 Å². The third-order valence-corrected chi connectivity index (χ3v) is 2.21. The summed E-state index contributed by atoms with van der Waals surface area (Å²) in [4.78, 5) is 11.2. The zero-order valence-corrected chi connectivity index (χ0v) is 8.96. The predicted octanol–water partition coefficient (Wildman–Crippen LogP) is 2.85. The molecule has 0 aliphatic heterocycles. The summed E-state index contributed by atoms with van der Waals surface area (Å²) in [7, 11) is 1.65. The number of carbonyl (C=O) groups excluding carboxylic acids is 1. The van der Waals surface area contributed by atoms with Crippen molar-refractivity contribution in [3.8, 4) is 5.75 Å². The van der Waals surface area contributed by atoms with E-state index in [0.29, 0.717) is 0 Å². The molecule has 76 valence electrons. The highest BCUT2D eigenvalue weighted by atomic mass is 16.5. The van der Waals surface area contributed by atoms with E-state index in [1.165, 1.54) is 0 Å². The van der Waals surface area contributed by atoms with Crippen LogP contribution in [0.25, 0.3) is 0 Å². The molecule has 0 aliphatic carbocycles. The Labute approximate surface area is 84.9 Å². The second-order valence-electron chi connectivity index (χ2n) is 3.33. The topological polar surface area (TPSA) is 26.3 Å². The molecule has 0 saturated heterocycles. The molecular formula is C12H16O2. The first kappa shape index (κ1) is 10.8. The van der Waals surface area contributed by atoms with Crippen LogP contribution in [0.3, 0.4) is 0 Å². The number of benzene rings is 1. The lowest BCUT2D eigenvalue weighted by atomic mass is 10.0. The lowest BCUT2D eigenvalue weighted by Crippen LogP contribution is -1.97. The van der Waals surface area contributed by atoms with E-state index in [1.54, 1.807) is 20.1 Å². The number of hydrogen-bond acceptors (Lipinski definition) is 2. The van der Waals surface area contributed by atoms with Crippen molar-refractivity contribution in [1.29, 1.82) is 0 Å². The van der Waals surface area contributed by atoms with E-state index in [2.05, 4.69) is 6.92 Å². The van der Waals surface area contributed by atoms with Crippen molar-refractivity contribution in [2.24, 2.45) is 0 Å². The van der Waals surface area contributed by atoms with E-state index in [-0.39, 0.29) is 5.78 Å². The summed E-state index contributed by atoms with van der Waals surface area (Å²) in [5, 5.41) is 0. The first-order valence-corrected chi connectivity index (χ1v) is 4.87. The molecule has 0 bridgehead atoms. The summed E-state index contributed by atoms with van der Waals surface area (Å²) in [6.45, 7) is 3.69. The molecule has 2 nitrogen and oxygen atoms in total. The molecule has 2 heteroatoms. The van der Waals surface area contributed by atoms with Crippen LogP contribution < -0.4 is 4.74 Å². The molecule has 0 N–H and O–H groups in total. The van der Waals surface area contributed by atoms with Crippen LogP contribution in [0, 0.1) is 0 Å². The van der Waals surface area contributed by atoms with Gasteiger partial charge in [-0.3, -0.25) is 4.79 Å². The van der Waals surface area contributed by atoms with E-state index in [4.69, 9.17) is 4.74 Å². The Bertz CT molecular complexity index is 329. The normalized spacial score (nSPS) is 9.93. The van der Waals surface area contributed by atoms with Crippen molar-refractivity contribution >= 4 is 5.78 Å². The van der Waals surface area contributed by atoms with Crippen molar-refractivity contribution in [2.75, 3.05) is 7.11 Å². The Morgan fingerprint density at radius 1 is 1.43 bits per heavy atom. The molecular weight excluding hydrogens is 176 g/mol. The Morgan fingerprint density at radius 2 is 2.14 bits per heavy atom. The third kappa shape index (κ3) is 2.34. The van der Waals surface area contributed by atoms with Gasteiger partial charge in [-0.15, -0.1) is 0 Å². The highest BCUT2D eigenvalue weighted by molar-refractivity contribution is 5.94. The van der Waals surface area contributed by atoms with E-state index in [0.717, 1.165) is 29.7 Å². The van der Waals surface area contributed by atoms with Crippen LogP contribution in [-0.4, -0.2) is 12.9 Å². The molecule has 0 spiro atoms. The average molecular weight is 192 g/mol. The van der Waals surface area contributed by atoms with Crippen LogP contribution in [0.2, 0.25) is 0 Å². The van der Waals surface area contributed by atoms with Crippen LogP contribution in [0.5, 0.6) is 5.75 Å². The molecule has 1 aromatic carbocycles. The number of methoxy groups -OCH3 is 1. The minimum atomic E-state index is 0.102. The van der Waals surface area contributed by atoms with Gasteiger partial charge in [-0.05, 0) is 37.1 Å². The smallest absolute Gasteiger partial charge is 0.159 e. The van der Waals surface area contributed by atoms with E-state index in [9.17, 15) is 4.79 Å². The van der Waals surface area contributed by atoms with E-state index in [1.807, 2.05) is 12.1 Å². The minimum Gasteiger partial charge on any atom is -0.496 e. The average Bonchev–Trinajstić information content (AvgIpc) is 2.18. The molecule has 14 heavy (non-hydrogen) atoms. The maximum atomic E-state index is 11.2. The lowest BCUT2D eigenvalue weighted by molar-refractivity contribution is 0.101. The first-order chi connectivity index (χ1) is 6.69. The monoisotopic (exact) mass is 192 g/mol. The van der Waals surface area contributed by atoms with Gasteiger partial charge in [0.1, 0.15) is 5.75 Å². The highest BCUT2D eigenvalue weighted by Crippen LogP contribution is 2.21. The Kier molecular flexibility index (Phi) is 3.69. The van der Waals surface area contributed by atoms with Crippen LogP contribution in [0.1, 0.15) is 36.2 Å². The van der Waals surface area contributed by atoms with Gasteiger partial charge in [-0.2, -0.15) is 0 Å². The van der Waals surface area contributed by atoms with Gasteiger partial charge in [0, 0.05) is 5.56 Å².